The van der Waals surface area contributed by atoms with Crippen molar-refractivity contribution in [2.75, 3.05) is 13.7 Å². The first-order chi connectivity index (χ1) is 13.9. The van der Waals surface area contributed by atoms with E-state index in [2.05, 4.69) is 0 Å². The van der Waals surface area contributed by atoms with Crippen LogP contribution >= 0.6 is 24.0 Å². The van der Waals surface area contributed by atoms with Gasteiger partial charge in [0.05, 0.1) is 24.5 Å². The fourth-order valence-corrected chi connectivity index (χ4v) is 3.91. The first kappa shape index (κ1) is 20.9. The number of benzene rings is 2. The van der Waals surface area contributed by atoms with E-state index in [9.17, 15) is 14.7 Å². The number of carboxylic acids is 1. The Morgan fingerprint density at radius 1 is 1.21 bits per heavy atom. The first-order valence-corrected chi connectivity index (χ1v) is 9.91. The molecular formula is C21H18NO5S2-. The highest BCUT2D eigenvalue weighted by Crippen LogP contribution is 2.34. The van der Waals surface area contributed by atoms with Gasteiger partial charge in [0, 0.05) is 0 Å². The van der Waals surface area contributed by atoms with Gasteiger partial charge >= 0.3 is 0 Å². The van der Waals surface area contributed by atoms with Gasteiger partial charge in [-0.15, -0.1) is 0 Å². The molecule has 0 aromatic heterocycles. The summed E-state index contributed by atoms with van der Waals surface area (Å²) in [5, 5.41) is 10.8. The molecule has 1 amide bonds. The predicted octanol–water partition coefficient (Wildman–Crippen LogP) is 2.53. The predicted molar refractivity (Wildman–Crippen MR) is 113 cm³/mol. The van der Waals surface area contributed by atoms with E-state index in [-0.39, 0.29) is 4.32 Å². The minimum Gasteiger partial charge on any atom is -0.548 e. The first-order valence-electron chi connectivity index (χ1n) is 8.69. The van der Waals surface area contributed by atoms with Crippen LogP contribution in [-0.2, 0) is 16.2 Å². The fourth-order valence-electron chi connectivity index (χ4n) is 2.66. The van der Waals surface area contributed by atoms with E-state index in [0.717, 1.165) is 22.2 Å². The molecule has 8 heteroatoms. The molecule has 1 saturated heterocycles. The molecule has 150 valence electrons. The average molecular weight is 429 g/mol. The van der Waals surface area contributed by atoms with Gasteiger partial charge in [-0.3, -0.25) is 9.69 Å². The number of rotatable bonds is 7. The zero-order chi connectivity index (χ0) is 21.0. The van der Waals surface area contributed by atoms with Crippen molar-refractivity contribution in [3.05, 3.63) is 64.1 Å². The van der Waals surface area contributed by atoms with Crippen LogP contribution in [-0.4, -0.2) is 34.8 Å². The molecule has 0 N–H and O–H groups in total. The van der Waals surface area contributed by atoms with Crippen molar-refractivity contribution in [2.45, 2.75) is 13.5 Å². The van der Waals surface area contributed by atoms with Crippen molar-refractivity contribution in [3.63, 3.8) is 0 Å². The largest absolute Gasteiger partial charge is 0.548 e. The number of hydrogen-bond acceptors (Lipinski definition) is 7. The second-order valence-electron chi connectivity index (χ2n) is 6.32. The molecule has 0 aliphatic carbocycles. The fraction of sp³-hybridized carbons (Fsp3) is 0.190. The van der Waals surface area contributed by atoms with Crippen LogP contribution in [0.3, 0.4) is 0 Å². The summed E-state index contributed by atoms with van der Waals surface area (Å²) in [6.07, 6.45) is 1.64. The van der Waals surface area contributed by atoms with Crippen molar-refractivity contribution in [2.24, 2.45) is 0 Å². The zero-order valence-corrected chi connectivity index (χ0v) is 17.5. The highest BCUT2D eigenvalue weighted by molar-refractivity contribution is 8.26. The Labute approximate surface area is 178 Å². The van der Waals surface area contributed by atoms with Gasteiger partial charge in [0.1, 0.15) is 10.9 Å². The van der Waals surface area contributed by atoms with E-state index in [1.165, 1.54) is 12.7 Å². The Hall–Kier alpha value is -2.84. The van der Waals surface area contributed by atoms with Crippen LogP contribution in [0.5, 0.6) is 11.5 Å². The number of ether oxygens (including phenoxy) is 2. The van der Waals surface area contributed by atoms with Crippen LogP contribution in [0.25, 0.3) is 6.08 Å². The van der Waals surface area contributed by atoms with Gasteiger partial charge in [-0.25, -0.2) is 0 Å². The lowest BCUT2D eigenvalue weighted by Crippen LogP contribution is -2.40. The Morgan fingerprint density at radius 3 is 2.59 bits per heavy atom. The summed E-state index contributed by atoms with van der Waals surface area (Å²) in [4.78, 5) is 24.5. The molecule has 3 rings (SSSR count). The molecule has 0 spiro atoms. The van der Waals surface area contributed by atoms with E-state index in [1.54, 1.807) is 24.3 Å². The second kappa shape index (κ2) is 9.11. The van der Waals surface area contributed by atoms with Crippen LogP contribution in [0, 0.1) is 6.92 Å². The third-order valence-electron chi connectivity index (χ3n) is 4.16. The number of carbonyl (C=O) groups excluding carboxylic acids is 2. The molecule has 0 bridgehead atoms. The molecular weight excluding hydrogens is 410 g/mol. The lowest BCUT2D eigenvalue weighted by atomic mass is 10.1. The Kier molecular flexibility index (Phi) is 6.56. The van der Waals surface area contributed by atoms with E-state index in [0.29, 0.717) is 28.6 Å². The number of aryl methyl sites for hydroxylation is 1. The van der Waals surface area contributed by atoms with Crippen molar-refractivity contribution in [3.8, 4) is 11.5 Å². The van der Waals surface area contributed by atoms with Gasteiger partial charge in [0.25, 0.3) is 5.91 Å². The van der Waals surface area contributed by atoms with Gasteiger partial charge < -0.3 is 19.4 Å². The number of aliphatic carboxylic acids is 1. The molecule has 0 unspecified atom stereocenters. The summed E-state index contributed by atoms with van der Waals surface area (Å²) in [6, 6.07) is 13.4. The standard InChI is InChI=1S/C21H19NO5S2/c1-13-3-5-14(6-4-13)12-27-16-8-7-15(9-17(16)26-2)10-18-20(25)22(11-19(23)24)21(28)29-18/h3-10H,11-12H2,1-2H3,(H,23,24)/p-1/b18-10-. The molecule has 0 radical (unpaired) electrons. The molecule has 1 heterocycles. The van der Waals surface area contributed by atoms with Gasteiger partial charge in [-0.05, 0) is 36.3 Å². The highest BCUT2D eigenvalue weighted by atomic mass is 32.2. The molecule has 29 heavy (non-hydrogen) atoms. The summed E-state index contributed by atoms with van der Waals surface area (Å²) in [6.45, 7) is 1.87. The molecule has 0 saturated carbocycles. The van der Waals surface area contributed by atoms with E-state index < -0.39 is 18.4 Å². The summed E-state index contributed by atoms with van der Waals surface area (Å²) in [7, 11) is 1.54. The van der Waals surface area contributed by atoms with Crippen LogP contribution in [0.15, 0.2) is 47.4 Å². The molecule has 1 aliphatic rings. The number of hydrogen-bond donors (Lipinski definition) is 0. The number of carbonyl (C=O) groups is 2. The summed E-state index contributed by atoms with van der Waals surface area (Å²) in [5.74, 6) is -0.715. The molecule has 1 fully saturated rings. The molecule has 1 aliphatic heterocycles. The van der Waals surface area contributed by atoms with Crippen molar-refractivity contribution < 1.29 is 24.2 Å². The molecule has 2 aromatic carbocycles. The van der Waals surface area contributed by atoms with Gasteiger partial charge in [0.15, 0.2) is 11.5 Å². The zero-order valence-electron chi connectivity index (χ0n) is 15.8. The third kappa shape index (κ3) is 5.16. The summed E-state index contributed by atoms with van der Waals surface area (Å²) >= 11 is 6.13. The molecule has 0 atom stereocenters. The number of thioether (sulfide) groups is 1. The lowest BCUT2D eigenvalue weighted by Gasteiger charge is -2.14. The van der Waals surface area contributed by atoms with Crippen LogP contribution in [0.2, 0.25) is 0 Å². The number of methoxy groups -OCH3 is 1. The minimum atomic E-state index is -1.36. The second-order valence-corrected chi connectivity index (χ2v) is 8.00. The maximum Gasteiger partial charge on any atom is 0.266 e. The SMILES string of the molecule is COc1cc(/C=C2\SC(=S)N(CC(=O)[O-])C2=O)ccc1OCc1ccc(C)cc1. The summed E-state index contributed by atoms with van der Waals surface area (Å²) < 4.78 is 11.5. The molecule has 6 nitrogen and oxygen atoms in total. The number of thiocarbonyl (C=S) groups is 1. The number of carboxylic acid groups (broad SMARTS) is 1. The normalized spacial score (nSPS) is 15.1. The Balaban J connectivity index is 1.75. The van der Waals surface area contributed by atoms with Gasteiger partial charge in [0.2, 0.25) is 0 Å². The Bertz CT molecular complexity index is 985. The van der Waals surface area contributed by atoms with Crippen molar-refractivity contribution >= 4 is 46.3 Å². The van der Waals surface area contributed by atoms with Crippen molar-refractivity contribution in [1.29, 1.82) is 0 Å². The highest BCUT2D eigenvalue weighted by Gasteiger charge is 2.31. The van der Waals surface area contributed by atoms with Gasteiger partial charge in [-0.2, -0.15) is 0 Å². The van der Waals surface area contributed by atoms with Gasteiger partial charge in [-0.1, -0.05) is 59.9 Å². The van der Waals surface area contributed by atoms with Crippen LogP contribution in [0.1, 0.15) is 16.7 Å². The van der Waals surface area contributed by atoms with E-state index >= 15 is 0 Å². The Morgan fingerprint density at radius 2 is 1.93 bits per heavy atom. The van der Waals surface area contributed by atoms with E-state index in [1.807, 2.05) is 31.2 Å². The quantitative estimate of drug-likeness (QED) is 0.495. The van der Waals surface area contributed by atoms with Crippen LogP contribution < -0.4 is 14.6 Å². The third-order valence-corrected chi connectivity index (χ3v) is 5.54. The van der Waals surface area contributed by atoms with Crippen molar-refractivity contribution in [1.82, 2.24) is 4.90 Å². The summed E-state index contributed by atoms with van der Waals surface area (Å²) in [5.41, 5.74) is 2.93. The average Bonchev–Trinajstić information content (AvgIpc) is 2.95. The van der Waals surface area contributed by atoms with Crippen LogP contribution in [0.4, 0.5) is 0 Å². The maximum atomic E-state index is 12.4. The molecule has 2 aromatic rings. The maximum absolute atomic E-state index is 12.4. The topological polar surface area (TPSA) is 78.9 Å². The monoisotopic (exact) mass is 428 g/mol. The minimum absolute atomic E-state index is 0.190. The number of nitrogens with zero attached hydrogens (tertiary/aromatic N) is 1. The lowest BCUT2D eigenvalue weighted by molar-refractivity contribution is -0.305. The smallest absolute Gasteiger partial charge is 0.266 e. The number of amides is 1. The van der Waals surface area contributed by atoms with E-state index in [4.69, 9.17) is 21.7 Å².